The van der Waals surface area contributed by atoms with E-state index in [1.165, 1.54) is 0 Å². The Morgan fingerprint density at radius 3 is 2.00 bits per heavy atom. The molecule has 14 heavy (non-hydrogen) atoms. The Morgan fingerprint density at radius 1 is 1.21 bits per heavy atom. The molecule has 0 aliphatic rings. The third kappa shape index (κ3) is 4.94. The Bertz CT molecular complexity index is 152. The molecule has 0 heterocycles. The quantitative estimate of drug-likeness (QED) is 0.607. The monoisotopic (exact) mass is 203 g/mol. The van der Waals surface area contributed by atoms with Crippen LogP contribution in [-0.2, 0) is 0 Å². The normalized spacial score (nSPS) is 17.1. The van der Waals surface area contributed by atoms with E-state index in [-0.39, 0.29) is 18.7 Å². The van der Waals surface area contributed by atoms with Crippen molar-refractivity contribution in [2.75, 3.05) is 6.61 Å². The van der Waals surface area contributed by atoms with Gasteiger partial charge in [-0.05, 0) is 33.1 Å². The van der Waals surface area contributed by atoms with E-state index in [1.54, 1.807) is 13.8 Å². The highest BCUT2D eigenvalue weighted by Gasteiger charge is 2.25. The molecule has 0 amide bonds. The summed E-state index contributed by atoms with van der Waals surface area (Å²) in [4.78, 5) is 0. The van der Waals surface area contributed by atoms with Gasteiger partial charge in [0, 0.05) is 18.7 Å². The maximum Gasteiger partial charge on any atom is 0.0741 e. The van der Waals surface area contributed by atoms with Crippen LogP contribution in [0.4, 0.5) is 0 Å². The molecule has 0 aliphatic carbocycles. The van der Waals surface area contributed by atoms with Gasteiger partial charge in [0.2, 0.25) is 0 Å². The van der Waals surface area contributed by atoms with Gasteiger partial charge >= 0.3 is 0 Å². The lowest BCUT2D eigenvalue weighted by atomic mass is 9.95. The van der Waals surface area contributed by atoms with E-state index >= 15 is 0 Å². The summed E-state index contributed by atoms with van der Waals surface area (Å²) < 4.78 is 0. The van der Waals surface area contributed by atoms with E-state index < -0.39 is 5.60 Å². The molecule has 0 saturated carbocycles. The molecule has 0 spiro atoms. The second-order valence-electron chi connectivity index (χ2n) is 4.90. The van der Waals surface area contributed by atoms with Crippen molar-refractivity contribution in [3.8, 4) is 0 Å². The number of hydrogen-bond acceptors (Lipinski definition) is 3. The van der Waals surface area contributed by atoms with Crippen molar-refractivity contribution in [2.45, 2.75) is 58.7 Å². The fourth-order valence-electron chi connectivity index (χ4n) is 1.27. The van der Waals surface area contributed by atoms with Gasteiger partial charge < -0.3 is 15.5 Å². The summed E-state index contributed by atoms with van der Waals surface area (Å²) in [5.41, 5.74) is -0.720. The first-order valence-electron chi connectivity index (χ1n) is 5.38. The molecular formula is C11H25NO2. The van der Waals surface area contributed by atoms with Crippen molar-refractivity contribution in [1.82, 2.24) is 5.32 Å². The van der Waals surface area contributed by atoms with E-state index in [0.29, 0.717) is 5.92 Å². The van der Waals surface area contributed by atoms with Crippen LogP contribution in [0.5, 0.6) is 0 Å². The predicted octanol–water partition coefficient (Wildman–Crippen LogP) is 1.14. The first kappa shape index (κ1) is 13.9. The lowest BCUT2D eigenvalue weighted by molar-refractivity contribution is 0.0355. The largest absolute Gasteiger partial charge is 0.396 e. The fourth-order valence-corrected chi connectivity index (χ4v) is 1.27. The molecule has 0 rings (SSSR count). The van der Waals surface area contributed by atoms with Gasteiger partial charge in [0.1, 0.15) is 0 Å². The van der Waals surface area contributed by atoms with Gasteiger partial charge in [-0.2, -0.15) is 0 Å². The lowest BCUT2D eigenvalue weighted by Crippen LogP contribution is -2.50. The van der Waals surface area contributed by atoms with E-state index in [4.69, 9.17) is 5.11 Å². The molecule has 0 bridgehead atoms. The van der Waals surface area contributed by atoms with Crippen molar-refractivity contribution in [3.63, 3.8) is 0 Å². The first-order valence-corrected chi connectivity index (χ1v) is 5.38. The SMILES string of the molecule is CC(C)C(CCO)NC(C)C(C)(C)O. The molecule has 0 radical (unpaired) electrons. The number of aliphatic hydroxyl groups excluding tert-OH is 1. The number of rotatable bonds is 6. The van der Waals surface area contributed by atoms with Gasteiger partial charge in [0.05, 0.1) is 5.60 Å². The second kappa shape index (κ2) is 5.69. The minimum Gasteiger partial charge on any atom is -0.396 e. The third-order valence-electron chi connectivity index (χ3n) is 2.77. The fraction of sp³-hybridized carbons (Fsp3) is 1.00. The third-order valence-corrected chi connectivity index (χ3v) is 2.77. The van der Waals surface area contributed by atoms with Gasteiger partial charge in [-0.3, -0.25) is 0 Å². The molecule has 0 aromatic carbocycles. The Morgan fingerprint density at radius 2 is 1.71 bits per heavy atom. The van der Waals surface area contributed by atoms with Gasteiger partial charge in [-0.25, -0.2) is 0 Å². The number of hydrogen-bond donors (Lipinski definition) is 3. The molecule has 0 aromatic heterocycles. The summed E-state index contributed by atoms with van der Waals surface area (Å²) in [6, 6.07) is 0.294. The van der Waals surface area contributed by atoms with Gasteiger partial charge in [-0.1, -0.05) is 13.8 Å². The van der Waals surface area contributed by atoms with E-state index in [2.05, 4.69) is 19.2 Å². The highest BCUT2D eigenvalue weighted by atomic mass is 16.3. The van der Waals surface area contributed by atoms with E-state index in [0.717, 1.165) is 6.42 Å². The molecule has 86 valence electrons. The summed E-state index contributed by atoms with van der Waals surface area (Å²) in [7, 11) is 0. The predicted molar refractivity (Wildman–Crippen MR) is 59.2 cm³/mol. The second-order valence-corrected chi connectivity index (χ2v) is 4.90. The van der Waals surface area contributed by atoms with Crippen LogP contribution in [0.15, 0.2) is 0 Å². The van der Waals surface area contributed by atoms with E-state index in [9.17, 15) is 5.11 Å². The standard InChI is InChI=1S/C11H25NO2/c1-8(2)10(6-7-13)12-9(3)11(4,5)14/h8-10,12-14H,6-7H2,1-5H3. The van der Waals surface area contributed by atoms with Gasteiger partial charge in [0.25, 0.3) is 0 Å². The lowest BCUT2D eigenvalue weighted by Gasteiger charge is -2.32. The van der Waals surface area contributed by atoms with Crippen molar-refractivity contribution >= 4 is 0 Å². The van der Waals surface area contributed by atoms with Crippen LogP contribution in [-0.4, -0.2) is 34.5 Å². The van der Waals surface area contributed by atoms with Crippen molar-refractivity contribution in [2.24, 2.45) is 5.92 Å². The zero-order chi connectivity index (χ0) is 11.4. The minimum absolute atomic E-state index is 0.0291. The molecule has 0 saturated heterocycles. The summed E-state index contributed by atoms with van der Waals surface area (Å²) in [5, 5.41) is 22.0. The molecule has 2 unspecified atom stereocenters. The Hall–Kier alpha value is -0.120. The molecule has 3 N–H and O–H groups in total. The smallest absolute Gasteiger partial charge is 0.0741 e. The highest BCUT2D eigenvalue weighted by Crippen LogP contribution is 2.12. The highest BCUT2D eigenvalue weighted by molar-refractivity contribution is 4.84. The first-order chi connectivity index (χ1) is 6.29. The maximum absolute atomic E-state index is 9.76. The summed E-state index contributed by atoms with van der Waals surface area (Å²) in [6.07, 6.45) is 0.734. The molecule has 3 heteroatoms. The molecular weight excluding hydrogens is 178 g/mol. The molecule has 2 atom stereocenters. The van der Waals surface area contributed by atoms with Gasteiger partial charge in [-0.15, -0.1) is 0 Å². The van der Waals surface area contributed by atoms with Crippen LogP contribution in [0.25, 0.3) is 0 Å². The average Bonchev–Trinajstić information content (AvgIpc) is 2.01. The Kier molecular flexibility index (Phi) is 5.64. The summed E-state index contributed by atoms with van der Waals surface area (Å²) in [6.45, 7) is 9.97. The van der Waals surface area contributed by atoms with Crippen molar-refractivity contribution in [3.05, 3.63) is 0 Å². The van der Waals surface area contributed by atoms with Crippen LogP contribution in [0.1, 0.15) is 41.0 Å². The Balaban J connectivity index is 4.16. The Labute approximate surface area is 87.5 Å². The zero-order valence-corrected chi connectivity index (χ0v) is 10.0. The molecule has 0 aliphatic heterocycles. The summed E-state index contributed by atoms with van der Waals surface area (Å²) in [5.74, 6) is 0.465. The average molecular weight is 203 g/mol. The molecule has 0 fully saturated rings. The van der Waals surface area contributed by atoms with Crippen LogP contribution in [0.2, 0.25) is 0 Å². The van der Waals surface area contributed by atoms with Crippen LogP contribution >= 0.6 is 0 Å². The zero-order valence-electron chi connectivity index (χ0n) is 10.0. The summed E-state index contributed by atoms with van der Waals surface area (Å²) >= 11 is 0. The van der Waals surface area contributed by atoms with Crippen molar-refractivity contribution in [1.29, 1.82) is 0 Å². The molecule has 0 aromatic rings. The number of aliphatic hydroxyl groups is 2. The van der Waals surface area contributed by atoms with Gasteiger partial charge in [0.15, 0.2) is 0 Å². The maximum atomic E-state index is 9.76. The number of nitrogens with one attached hydrogen (secondary N) is 1. The topological polar surface area (TPSA) is 52.5 Å². The van der Waals surface area contributed by atoms with Crippen molar-refractivity contribution < 1.29 is 10.2 Å². The van der Waals surface area contributed by atoms with Crippen LogP contribution in [0.3, 0.4) is 0 Å². The van der Waals surface area contributed by atoms with E-state index in [1.807, 2.05) is 6.92 Å². The minimum atomic E-state index is -0.720. The molecule has 3 nitrogen and oxygen atoms in total. The van der Waals surface area contributed by atoms with Crippen LogP contribution < -0.4 is 5.32 Å². The van der Waals surface area contributed by atoms with Crippen LogP contribution in [0, 0.1) is 5.92 Å².